The number of carbonyl (C=O) groups excluding carboxylic acids is 2. The van der Waals surface area contributed by atoms with Crippen molar-refractivity contribution >= 4 is 43.8 Å². The largest absolute Gasteiger partial charge is 0.368 e. The van der Waals surface area contributed by atoms with Gasteiger partial charge in [-0.05, 0) is 47.2 Å². The van der Waals surface area contributed by atoms with Gasteiger partial charge >= 0.3 is 0 Å². The molecule has 3 aromatic carbocycles. The molecule has 1 aliphatic rings. The summed E-state index contributed by atoms with van der Waals surface area (Å²) < 4.78 is 25.5. The predicted molar refractivity (Wildman–Crippen MR) is 130 cm³/mol. The van der Waals surface area contributed by atoms with Crippen LogP contribution < -0.4 is 10.2 Å². The molecule has 1 N–H and O–H groups in total. The molecule has 0 aliphatic carbocycles. The standard InChI is InChI=1S/C25H27N3O4S/c1-2-25(30)28-15-13-27(14-16-28)22-10-8-21(9-11-22)26-24(29)18-33(31,32)23-12-7-19-5-3-4-6-20(19)17-23/h3-12,17H,2,13-16,18H2,1H3,(H,26,29). The van der Waals surface area contributed by atoms with E-state index >= 15 is 0 Å². The van der Waals surface area contributed by atoms with Crippen LogP contribution in [-0.4, -0.2) is 57.1 Å². The lowest BCUT2D eigenvalue weighted by molar-refractivity contribution is -0.131. The van der Waals surface area contributed by atoms with E-state index in [2.05, 4.69) is 10.2 Å². The Hall–Kier alpha value is -3.39. The number of benzene rings is 3. The maximum Gasteiger partial charge on any atom is 0.239 e. The van der Waals surface area contributed by atoms with Gasteiger partial charge in [-0.3, -0.25) is 9.59 Å². The van der Waals surface area contributed by atoms with Gasteiger partial charge < -0.3 is 15.1 Å². The van der Waals surface area contributed by atoms with E-state index in [-0.39, 0.29) is 10.8 Å². The molecule has 0 bridgehead atoms. The number of piperazine rings is 1. The highest BCUT2D eigenvalue weighted by molar-refractivity contribution is 7.92. The molecule has 1 fully saturated rings. The second kappa shape index (κ2) is 9.62. The van der Waals surface area contributed by atoms with Crippen molar-refractivity contribution in [2.24, 2.45) is 0 Å². The Kier molecular flexibility index (Phi) is 6.65. The first-order valence-corrected chi connectivity index (χ1v) is 12.6. The first-order chi connectivity index (χ1) is 15.9. The zero-order valence-electron chi connectivity index (χ0n) is 18.5. The van der Waals surface area contributed by atoms with Crippen LogP contribution in [0.4, 0.5) is 11.4 Å². The number of nitrogens with zero attached hydrogens (tertiary/aromatic N) is 2. The molecule has 0 aromatic heterocycles. The summed E-state index contributed by atoms with van der Waals surface area (Å²) in [7, 11) is -3.76. The summed E-state index contributed by atoms with van der Waals surface area (Å²) in [4.78, 5) is 28.5. The van der Waals surface area contributed by atoms with Crippen LogP contribution in [0, 0.1) is 0 Å². The first kappa shape index (κ1) is 22.8. The van der Waals surface area contributed by atoms with Crippen LogP contribution in [-0.2, 0) is 19.4 Å². The molecule has 33 heavy (non-hydrogen) atoms. The molecule has 1 aliphatic heterocycles. The topological polar surface area (TPSA) is 86.8 Å². The number of hydrogen-bond acceptors (Lipinski definition) is 5. The van der Waals surface area contributed by atoms with E-state index in [4.69, 9.17) is 0 Å². The Morgan fingerprint density at radius 3 is 2.21 bits per heavy atom. The van der Waals surface area contributed by atoms with E-state index in [1.807, 2.05) is 48.2 Å². The smallest absolute Gasteiger partial charge is 0.239 e. The van der Waals surface area contributed by atoms with E-state index in [1.165, 1.54) is 6.07 Å². The average molecular weight is 466 g/mol. The van der Waals surface area contributed by atoms with Crippen molar-refractivity contribution in [2.45, 2.75) is 18.2 Å². The predicted octanol–water partition coefficient (Wildman–Crippen LogP) is 3.31. The maximum absolute atomic E-state index is 12.7. The third kappa shape index (κ3) is 5.34. The summed E-state index contributed by atoms with van der Waals surface area (Å²) in [5.74, 6) is -1.03. The van der Waals surface area contributed by atoms with Gasteiger partial charge in [0.15, 0.2) is 9.84 Å². The lowest BCUT2D eigenvalue weighted by Gasteiger charge is -2.36. The summed E-state index contributed by atoms with van der Waals surface area (Å²) in [5, 5.41) is 4.43. The summed E-state index contributed by atoms with van der Waals surface area (Å²) >= 11 is 0. The number of anilines is 2. The number of amides is 2. The average Bonchev–Trinajstić information content (AvgIpc) is 2.83. The van der Waals surface area contributed by atoms with Gasteiger partial charge in [0.25, 0.3) is 0 Å². The van der Waals surface area contributed by atoms with Crippen molar-refractivity contribution in [3.63, 3.8) is 0 Å². The fourth-order valence-electron chi connectivity index (χ4n) is 4.01. The number of rotatable bonds is 6. The maximum atomic E-state index is 12.7. The number of carbonyl (C=O) groups is 2. The van der Waals surface area contributed by atoms with Crippen LogP contribution in [0.1, 0.15) is 13.3 Å². The lowest BCUT2D eigenvalue weighted by Crippen LogP contribution is -2.48. The van der Waals surface area contributed by atoms with Crippen LogP contribution in [0.15, 0.2) is 71.6 Å². The Labute approximate surface area is 193 Å². The monoisotopic (exact) mass is 465 g/mol. The molecule has 8 heteroatoms. The third-order valence-electron chi connectivity index (χ3n) is 5.85. The first-order valence-electron chi connectivity index (χ1n) is 11.0. The van der Waals surface area contributed by atoms with E-state index in [0.717, 1.165) is 29.5 Å². The van der Waals surface area contributed by atoms with Gasteiger partial charge in [-0.2, -0.15) is 0 Å². The van der Waals surface area contributed by atoms with Crippen molar-refractivity contribution < 1.29 is 18.0 Å². The molecule has 7 nitrogen and oxygen atoms in total. The second-order valence-electron chi connectivity index (χ2n) is 8.08. The van der Waals surface area contributed by atoms with Crippen molar-refractivity contribution in [1.82, 2.24) is 4.90 Å². The van der Waals surface area contributed by atoms with Crippen LogP contribution in [0.2, 0.25) is 0 Å². The molecule has 0 radical (unpaired) electrons. The molecule has 2 amide bonds. The fourth-order valence-corrected chi connectivity index (χ4v) is 5.17. The molecule has 1 saturated heterocycles. The summed E-state index contributed by atoms with van der Waals surface area (Å²) in [6.07, 6.45) is 0.519. The highest BCUT2D eigenvalue weighted by atomic mass is 32.2. The van der Waals surface area contributed by atoms with Gasteiger partial charge in [0, 0.05) is 44.0 Å². The molecule has 0 saturated carbocycles. The SMILES string of the molecule is CCC(=O)N1CCN(c2ccc(NC(=O)CS(=O)(=O)c3ccc4ccccc4c3)cc2)CC1. The molecule has 0 unspecified atom stereocenters. The summed E-state index contributed by atoms with van der Waals surface area (Å²) in [6.45, 7) is 4.76. The Morgan fingerprint density at radius 2 is 1.55 bits per heavy atom. The quantitative estimate of drug-likeness (QED) is 0.604. The van der Waals surface area contributed by atoms with E-state index in [9.17, 15) is 18.0 Å². The Balaban J connectivity index is 1.36. The second-order valence-corrected chi connectivity index (χ2v) is 10.1. The number of nitrogens with one attached hydrogen (secondary N) is 1. The fraction of sp³-hybridized carbons (Fsp3) is 0.280. The molecular weight excluding hydrogens is 438 g/mol. The molecule has 4 rings (SSSR count). The van der Waals surface area contributed by atoms with E-state index < -0.39 is 21.5 Å². The summed E-state index contributed by atoms with van der Waals surface area (Å²) in [6, 6.07) is 19.7. The van der Waals surface area contributed by atoms with Crippen molar-refractivity contribution in [3.05, 3.63) is 66.7 Å². The van der Waals surface area contributed by atoms with Gasteiger partial charge in [0.1, 0.15) is 5.75 Å². The Morgan fingerprint density at radius 1 is 0.879 bits per heavy atom. The minimum absolute atomic E-state index is 0.132. The molecule has 0 atom stereocenters. The number of fused-ring (bicyclic) bond motifs is 1. The molecule has 172 valence electrons. The molecule has 0 spiro atoms. The van der Waals surface area contributed by atoms with Crippen LogP contribution in [0.5, 0.6) is 0 Å². The zero-order chi connectivity index (χ0) is 23.4. The van der Waals surface area contributed by atoms with Crippen LogP contribution in [0.25, 0.3) is 10.8 Å². The van der Waals surface area contributed by atoms with Gasteiger partial charge in [-0.25, -0.2) is 8.42 Å². The van der Waals surface area contributed by atoms with E-state index in [0.29, 0.717) is 25.2 Å². The molecule has 3 aromatic rings. The van der Waals surface area contributed by atoms with Gasteiger partial charge in [-0.1, -0.05) is 37.3 Å². The van der Waals surface area contributed by atoms with Crippen molar-refractivity contribution in [1.29, 1.82) is 0 Å². The number of sulfone groups is 1. The van der Waals surface area contributed by atoms with Crippen molar-refractivity contribution in [2.75, 3.05) is 42.1 Å². The zero-order valence-corrected chi connectivity index (χ0v) is 19.3. The highest BCUT2D eigenvalue weighted by Gasteiger charge is 2.21. The Bertz CT molecular complexity index is 1260. The van der Waals surface area contributed by atoms with Crippen molar-refractivity contribution in [3.8, 4) is 0 Å². The molecule has 1 heterocycles. The minimum Gasteiger partial charge on any atom is -0.368 e. The normalized spacial score (nSPS) is 14.3. The van der Waals surface area contributed by atoms with Crippen LogP contribution in [0.3, 0.4) is 0 Å². The summed E-state index contributed by atoms with van der Waals surface area (Å²) in [5.41, 5.74) is 1.54. The lowest BCUT2D eigenvalue weighted by atomic mass is 10.1. The van der Waals surface area contributed by atoms with Gasteiger partial charge in [0.2, 0.25) is 11.8 Å². The number of hydrogen-bond donors (Lipinski definition) is 1. The van der Waals surface area contributed by atoms with Gasteiger partial charge in [0.05, 0.1) is 4.90 Å². The molecular formula is C25H27N3O4S. The highest BCUT2D eigenvalue weighted by Crippen LogP contribution is 2.22. The third-order valence-corrected chi connectivity index (χ3v) is 7.47. The minimum atomic E-state index is -3.76. The van der Waals surface area contributed by atoms with Gasteiger partial charge in [-0.15, -0.1) is 0 Å². The van der Waals surface area contributed by atoms with Crippen LogP contribution >= 0.6 is 0 Å². The van der Waals surface area contributed by atoms with E-state index in [1.54, 1.807) is 24.3 Å².